The largest absolute Gasteiger partial charge is 0.368 e. The van der Waals surface area contributed by atoms with E-state index in [0.29, 0.717) is 6.04 Å². The predicted molar refractivity (Wildman–Crippen MR) is 79.5 cm³/mol. The molecule has 3 heteroatoms. The zero-order valence-corrected chi connectivity index (χ0v) is 12.1. The number of hydrogen-bond donors (Lipinski definition) is 1. The Morgan fingerprint density at radius 1 is 1.39 bits per heavy atom. The minimum absolute atomic E-state index is 0.690. The van der Waals surface area contributed by atoms with Gasteiger partial charge in [-0.15, -0.1) is 0 Å². The van der Waals surface area contributed by atoms with E-state index in [1.807, 2.05) is 13.1 Å². The number of hydrogen-bond acceptors (Lipinski definition) is 2. The minimum Gasteiger partial charge on any atom is -0.368 e. The molecule has 0 aromatic heterocycles. The van der Waals surface area contributed by atoms with E-state index < -0.39 is 0 Å². The van der Waals surface area contributed by atoms with Crippen LogP contribution in [0.4, 0.5) is 5.69 Å². The first-order valence-electron chi connectivity index (χ1n) is 6.96. The molecular weight excluding hydrogens is 244 g/mol. The van der Waals surface area contributed by atoms with Crippen LogP contribution in [0.3, 0.4) is 0 Å². The van der Waals surface area contributed by atoms with Gasteiger partial charge >= 0.3 is 0 Å². The van der Waals surface area contributed by atoms with E-state index in [2.05, 4.69) is 29.3 Å². The van der Waals surface area contributed by atoms with Crippen molar-refractivity contribution in [1.82, 2.24) is 5.32 Å². The number of nitrogens with one attached hydrogen (secondary N) is 1. The first-order valence-corrected chi connectivity index (χ1v) is 7.33. The van der Waals surface area contributed by atoms with Crippen LogP contribution in [-0.4, -0.2) is 19.6 Å². The zero-order chi connectivity index (χ0) is 13.0. The van der Waals surface area contributed by atoms with E-state index in [9.17, 15) is 0 Å². The van der Waals surface area contributed by atoms with E-state index in [0.717, 1.165) is 11.6 Å². The number of rotatable bonds is 4. The Labute approximate surface area is 115 Å². The molecule has 0 radical (unpaired) electrons. The summed E-state index contributed by atoms with van der Waals surface area (Å²) < 4.78 is 0. The molecule has 0 aliphatic carbocycles. The van der Waals surface area contributed by atoms with Crippen LogP contribution in [0.1, 0.15) is 38.2 Å². The fourth-order valence-electron chi connectivity index (χ4n) is 2.91. The summed E-state index contributed by atoms with van der Waals surface area (Å²) in [6.07, 6.45) is 5.21. The van der Waals surface area contributed by atoms with Gasteiger partial charge in [0.15, 0.2) is 0 Å². The standard InChI is InChI=1S/C15H23ClN2/c1-3-14-6-4-5-9-18(14)15-8-7-13(16)10-12(15)11-17-2/h7-8,10,14,17H,3-6,9,11H2,1-2H3. The first kappa shape index (κ1) is 13.7. The van der Waals surface area contributed by atoms with Crippen LogP contribution >= 0.6 is 11.6 Å². The van der Waals surface area contributed by atoms with Gasteiger partial charge in [-0.25, -0.2) is 0 Å². The Morgan fingerprint density at radius 2 is 2.22 bits per heavy atom. The van der Waals surface area contributed by atoms with E-state index in [1.54, 1.807) is 0 Å². The van der Waals surface area contributed by atoms with E-state index in [1.165, 1.54) is 43.5 Å². The van der Waals surface area contributed by atoms with Crippen LogP contribution in [0.2, 0.25) is 5.02 Å². The Kier molecular flexibility index (Phi) is 4.90. The highest BCUT2D eigenvalue weighted by Gasteiger charge is 2.22. The molecule has 0 saturated carbocycles. The molecule has 2 rings (SSSR count). The van der Waals surface area contributed by atoms with Crippen LogP contribution in [0, 0.1) is 0 Å². The SMILES string of the molecule is CCC1CCCCN1c1ccc(Cl)cc1CNC. The van der Waals surface area contributed by atoms with E-state index in [-0.39, 0.29) is 0 Å². The van der Waals surface area contributed by atoms with Gasteiger partial charge in [-0.2, -0.15) is 0 Å². The highest BCUT2D eigenvalue weighted by atomic mass is 35.5. The molecule has 1 aromatic carbocycles. The predicted octanol–water partition coefficient (Wildman–Crippen LogP) is 3.83. The van der Waals surface area contributed by atoms with Gasteiger partial charge in [0, 0.05) is 29.8 Å². The maximum atomic E-state index is 6.12. The molecule has 1 aromatic rings. The molecule has 18 heavy (non-hydrogen) atoms. The molecule has 1 heterocycles. The summed E-state index contributed by atoms with van der Waals surface area (Å²) in [6.45, 7) is 4.34. The van der Waals surface area contributed by atoms with E-state index in [4.69, 9.17) is 11.6 Å². The van der Waals surface area contributed by atoms with Gasteiger partial charge in [-0.05, 0) is 56.5 Å². The maximum absolute atomic E-state index is 6.12. The van der Waals surface area contributed by atoms with Gasteiger partial charge in [0.1, 0.15) is 0 Å². The summed E-state index contributed by atoms with van der Waals surface area (Å²) in [7, 11) is 1.98. The smallest absolute Gasteiger partial charge is 0.0415 e. The van der Waals surface area contributed by atoms with Crippen molar-refractivity contribution in [2.24, 2.45) is 0 Å². The molecule has 1 N–H and O–H groups in total. The highest BCUT2D eigenvalue weighted by molar-refractivity contribution is 6.30. The lowest BCUT2D eigenvalue weighted by Crippen LogP contribution is -2.39. The van der Waals surface area contributed by atoms with Crippen molar-refractivity contribution in [3.8, 4) is 0 Å². The normalized spacial score (nSPS) is 20.2. The van der Waals surface area contributed by atoms with Crippen molar-refractivity contribution in [2.75, 3.05) is 18.5 Å². The Bertz CT molecular complexity index is 392. The fourth-order valence-corrected chi connectivity index (χ4v) is 3.10. The monoisotopic (exact) mass is 266 g/mol. The second kappa shape index (κ2) is 6.44. The van der Waals surface area contributed by atoms with Gasteiger partial charge in [-0.1, -0.05) is 18.5 Å². The Morgan fingerprint density at radius 3 is 2.94 bits per heavy atom. The number of nitrogens with zero attached hydrogens (tertiary/aromatic N) is 1. The number of halogens is 1. The van der Waals surface area contributed by atoms with Gasteiger partial charge in [0.2, 0.25) is 0 Å². The van der Waals surface area contributed by atoms with Crippen molar-refractivity contribution in [2.45, 2.75) is 45.2 Å². The third-order valence-electron chi connectivity index (χ3n) is 3.82. The van der Waals surface area contributed by atoms with Crippen LogP contribution in [0.15, 0.2) is 18.2 Å². The highest BCUT2D eigenvalue weighted by Crippen LogP contribution is 2.31. The third kappa shape index (κ3) is 2.99. The fraction of sp³-hybridized carbons (Fsp3) is 0.600. The summed E-state index contributed by atoms with van der Waals surface area (Å²) in [5.41, 5.74) is 2.67. The van der Waals surface area contributed by atoms with Crippen molar-refractivity contribution < 1.29 is 0 Å². The number of anilines is 1. The first-order chi connectivity index (χ1) is 8.76. The van der Waals surface area contributed by atoms with Crippen molar-refractivity contribution in [1.29, 1.82) is 0 Å². The van der Waals surface area contributed by atoms with Gasteiger partial charge in [0.25, 0.3) is 0 Å². The molecule has 0 amide bonds. The third-order valence-corrected chi connectivity index (χ3v) is 4.05. The molecule has 1 aliphatic heterocycles. The quantitative estimate of drug-likeness (QED) is 0.891. The van der Waals surface area contributed by atoms with Crippen LogP contribution in [-0.2, 0) is 6.54 Å². The summed E-state index contributed by atoms with van der Waals surface area (Å²) in [5, 5.41) is 4.07. The molecule has 100 valence electrons. The second-order valence-corrected chi connectivity index (χ2v) is 5.49. The van der Waals surface area contributed by atoms with Crippen molar-refractivity contribution >= 4 is 17.3 Å². The van der Waals surface area contributed by atoms with Crippen LogP contribution in [0.5, 0.6) is 0 Å². The topological polar surface area (TPSA) is 15.3 Å². The van der Waals surface area contributed by atoms with E-state index >= 15 is 0 Å². The lowest BCUT2D eigenvalue weighted by atomic mass is 9.98. The van der Waals surface area contributed by atoms with Gasteiger partial charge in [0.05, 0.1) is 0 Å². The lowest BCUT2D eigenvalue weighted by molar-refractivity contribution is 0.449. The van der Waals surface area contributed by atoms with Crippen LogP contribution in [0.25, 0.3) is 0 Å². The Balaban J connectivity index is 2.29. The van der Waals surface area contributed by atoms with Gasteiger partial charge < -0.3 is 10.2 Å². The number of piperidine rings is 1. The zero-order valence-electron chi connectivity index (χ0n) is 11.4. The summed E-state index contributed by atoms with van der Waals surface area (Å²) in [4.78, 5) is 2.58. The van der Waals surface area contributed by atoms with Crippen LogP contribution < -0.4 is 10.2 Å². The lowest BCUT2D eigenvalue weighted by Gasteiger charge is -2.38. The summed E-state index contributed by atoms with van der Waals surface area (Å²) in [6, 6.07) is 6.98. The number of benzene rings is 1. The summed E-state index contributed by atoms with van der Waals surface area (Å²) in [5.74, 6) is 0. The molecule has 1 unspecified atom stereocenters. The van der Waals surface area contributed by atoms with Gasteiger partial charge in [-0.3, -0.25) is 0 Å². The molecule has 1 atom stereocenters. The molecule has 0 spiro atoms. The molecule has 2 nitrogen and oxygen atoms in total. The molecule has 0 bridgehead atoms. The minimum atomic E-state index is 0.690. The van der Waals surface area contributed by atoms with Crippen molar-refractivity contribution in [3.05, 3.63) is 28.8 Å². The maximum Gasteiger partial charge on any atom is 0.0415 e. The van der Waals surface area contributed by atoms with Crippen molar-refractivity contribution in [3.63, 3.8) is 0 Å². The second-order valence-electron chi connectivity index (χ2n) is 5.05. The molecule has 1 aliphatic rings. The molecule has 1 fully saturated rings. The molecule has 1 saturated heterocycles. The average molecular weight is 267 g/mol. The molecular formula is C15H23ClN2. The summed E-state index contributed by atoms with van der Waals surface area (Å²) >= 11 is 6.12. The Hall–Kier alpha value is -0.730. The average Bonchev–Trinajstić information content (AvgIpc) is 2.39.